The summed E-state index contributed by atoms with van der Waals surface area (Å²) < 4.78 is 10.8. The molecule has 4 heteroatoms. The molecule has 0 saturated carbocycles. The van der Waals surface area contributed by atoms with Crippen LogP contribution in [0, 0.1) is 0 Å². The first-order chi connectivity index (χ1) is 6.79. The van der Waals surface area contributed by atoms with Crippen LogP contribution in [-0.4, -0.2) is 49.3 Å². The molecule has 2 heterocycles. The van der Waals surface area contributed by atoms with Gasteiger partial charge in [0.05, 0.1) is 12.2 Å². The van der Waals surface area contributed by atoms with Gasteiger partial charge in [0.1, 0.15) is 6.61 Å². The van der Waals surface area contributed by atoms with Crippen LogP contribution in [0.2, 0.25) is 0 Å². The van der Waals surface area contributed by atoms with Crippen LogP contribution in [0.5, 0.6) is 0 Å². The Hall–Kier alpha value is -0.610. The van der Waals surface area contributed by atoms with Crippen LogP contribution in [0.4, 0.5) is 0 Å². The van der Waals surface area contributed by atoms with Crippen molar-refractivity contribution in [3.8, 4) is 0 Å². The molecule has 2 fully saturated rings. The molecule has 2 aliphatic rings. The molecule has 1 amide bonds. The molecule has 2 saturated heterocycles. The topological polar surface area (TPSA) is 38.8 Å². The highest BCUT2D eigenvalue weighted by atomic mass is 16.5. The fourth-order valence-corrected chi connectivity index (χ4v) is 2.10. The second kappa shape index (κ2) is 4.28. The van der Waals surface area contributed by atoms with E-state index < -0.39 is 0 Å². The molecule has 0 aromatic heterocycles. The van der Waals surface area contributed by atoms with Gasteiger partial charge < -0.3 is 14.4 Å². The summed E-state index contributed by atoms with van der Waals surface area (Å²) in [7, 11) is 0. The number of morpholine rings is 1. The predicted molar refractivity (Wildman–Crippen MR) is 51.0 cm³/mol. The van der Waals surface area contributed by atoms with Crippen molar-refractivity contribution in [2.45, 2.75) is 32.0 Å². The molecule has 0 aromatic carbocycles. The summed E-state index contributed by atoms with van der Waals surface area (Å²) in [5, 5.41) is 0. The maximum Gasteiger partial charge on any atom is 0.248 e. The molecule has 0 radical (unpaired) electrons. The quantitative estimate of drug-likeness (QED) is 0.661. The summed E-state index contributed by atoms with van der Waals surface area (Å²) in [6, 6.07) is 0. The lowest BCUT2D eigenvalue weighted by Crippen LogP contribution is -2.47. The third-order valence-corrected chi connectivity index (χ3v) is 2.83. The van der Waals surface area contributed by atoms with E-state index in [1.807, 2.05) is 11.8 Å². The average molecular weight is 199 g/mol. The average Bonchev–Trinajstić information content (AvgIpc) is 2.54. The maximum atomic E-state index is 11.6. The van der Waals surface area contributed by atoms with Gasteiger partial charge in [0.2, 0.25) is 5.91 Å². The van der Waals surface area contributed by atoms with E-state index >= 15 is 0 Å². The number of carbonyl (C=O) groups is 1. The van der Waals surface area contributed by atoms with E-state index in [-0.39, 0.29) is 24.7 Å². The molecule has 0 aromatic rings. The monoisotopic (exact) mass is 199 g/mol. The van der Waals surface area contributed by atoms with Gasteiger partial charge in [-0.25, -0.2) is 0 Å². The lowest BCUT2D eigenvalue weighted by molar-refractivity contribution is -0.144. The number of nitrogens with zero attached hydrogens (tertiary/aromatic N) is 1. The smallest absolute Gasteiger partial charge is 0.248 e. The van der Waals surface area contributed by atoms with Gasteiger partial charge in [-0.15, -0.1) is 0 Å². The summed E-state index contributed by atoms with van der Waals surface area (Å²) in [4.78, 5) is 13.5. The van der Waals surface area contributed by atoms with Crippen molar-refractivity contribution in [3.63, 3.8) is 0 Å². The van der Waals surface area contributed by atoms with E-state index in [0.717, 1.165) is 25.9 Å². The van der Waals surface area contributed by atoms with E-state index in [1.165, 1.54) is 0 Å². The largest absolute Gasteiger partial charge is 0.372 e. The Labute approximate surface area is 84.2 Å². The molecule has 4 nitrogen and oxygen atoms in total. The van der Waals surface area contributed by atoms with Crippen LogP contribution < -0.4 is 0 Å². The fraction of sp³-hybridized carbons (Fsp3) is 0.900. The molecule has 2 aliphatic heterocycles. The van der Waals surface area contributed by atoms with Crippen LogP contribution in [-0.2, 0) is 14.3 Å². The molecule has 2 bridgehead atoms. The van der Waals surface area contributed by atoms with Crippen LogP contribution in [0.1, 0.15) is 19.8 Å². The molecular weight excluding hydrogens is 182 g/mol. The van der Waals surface area contributed by atoms with Crippen LogP contribution >= 0.6 is 0 Å². The number of ether oxygens (including phenoxy) is 2. The van der Waals surface area contributed by atoms with E-state index in [9.17, 15) is 4.79 Å². The van der Waals surface area contributed by atoms with Gasteiger partial charge in [0.25, 0.3) is 0 Å². The predicted octanol–water partition coefficient (Wildman–Crippen LogP) is 0.413. The molecule has 80 valence electrons. The van der Waals surface area contributed by atoms with Crippen LogP contribution in [0.15, 0.2) is 0 Å². The van der Waals surface area contributed by atoms with E-state index in [4.69, 9.17) is 9.47 Å². The highest BCUT2D eigenvalue weighted by Crippen LogP contribution is 2.26. The van der Waals surface area contributed by atoms with Gasteiger partial charge in [-0.2, -0.15) is 0 Å². The number of fused-ring (bicyclic) bond motifs is 2. The van der Waals surface area contributed by atoms with Gasteiger partial charge >= 0.3 is 0 Å². The third kappa shape index (κ3) is 2.07. The molecule has 0 aliphatic carbocycles. The minimum Gasteiger partial charge on any atom is -0.372 e. The minimum atomic E-state index is 0.104. The van der Waals surface area contributed by atoms with Crippen molar-refractivity contribution < 1.29 is 14.3 Å². The highest BCUT2D eigenvalue weighted by molar-refractivity contribution is 5.77. The molecule has 0 spiro atoms. The molecule has 2 atom stereocenters. The Balaban J connectivity index is 1.83. The summed E-state index contributed by atoms with van der Waals surface area (Å²) >= 11 is 0. The minimum absolute atomic E-state index is 0.104. The lowest BCUT2D eigenvalue weighted by atomic mass is 10.2. The van der Waals surface area contributed by atoms with Crippen LogP contribution in [0.3, 0.4) is 0 Å². The van der Waals surface area contributed by atoms with Crippen molar-refractivity contribution in [2.75, 3.05) is 26.3 Å². The standard InChI is InChI=1S/C10H17NO3/c1-2-13-7-10(12)11-5-8-3-4-9(6-11)14-8/h8-9H,2-7H2,1H3. The highest BCUT2D eigenvalue weighted by Gasteiger charge is 2.35. The number of hydrogen-bond acceptors (Lipinski definition) is 3. The molecule has 2 rings (SSSR count). The Kier molecular flexibility index (Phi) is 3.03. The van der Waals surface area contributed by atoms with Gasteiger partial charge in [-0.3, -0.25) is 4.79 Å². The van der Waals surface area contributed by atoms with Gasteiger partial charge in [0, 0.05) is 19.7 Å². The first-order valence-electron chi connectivity index (χ1n) is 5.30. The van der Waals surface area contributed by atoms with Gasteiger partial charge in [0.15, 0.2) is 0 Å². The van der Waals surface area contributed by atoms with Crippen LogP contribution in [0.25, 0.3) is 0 Å². The number of rotatable bonds is 3. The Morgan fingerprint density at radius 2 is 2.07 bits per heavy atom. The Bertz CT molecular complexity index is 207. The number of likely N-dealkylation sites (tertiary alicyclic amines) is 1. The third-order valence-electron chi connectivity index (χ3n) is 2.83. The first-order valence-corrected chi connectivity index (χ1v) is 5.30. The van der Waals surface area contributed by atoms with Crippen molar-refractivity contribution in [3.05, 3.63) is 0 Å². The number of hydrogen-bond donors (Lipinski definition) is 0. The molecular formula is C10H17NO3. The number of carbonyl (C=O) groups excluding carboxylic acids is 1. The summed E-state index contributed by atoms with van der Waals surface area (Å²) in [6.45, 7) is 4.22. The normalized spacial score (nSPS) is 30.8. The Morgan fingerprint density at radius 3 is 2.64 bits per heavy atom. The molecule has 0 N–H and O–H groups in total. The summed E-state index contributed by atoms with van der Waals surface area (Å²) in [6.07, 6.45) is 2.75. The Morgan fingerprint density at radius 1 is 1.43 bits per heavy atom. The zero-order valence-electron chi connectivity index (χ0n) is 8.57. The van der Waals surface area contributed by atoms with Crippen molar-refractivity contribution in [1.82, 2.24) is 4.90 Å². The summed E-state index contributed by atoms with van der Waals surface area (Å²) in [5.74, 6) is 0.104. The van der Waals surface area contributed by atoms with Gasteiger partial charge in [-0.1, -0.05) is 0 Å². The van der Waals surface area contributed by atoms with Crippen molar-refractivity contribution in [2.24, 2.45) is 0 Å². The lowest BCUT2D eigenvalue weighted by Gasteiger charge is -2.32. The maximum absolute atomic E-state index is 11.6. The molecule has 14 heavy (non-hydrogen) atoms. The van der Waals surface area contributed by atoms with E-state index in [2.05, 4.69) is 0 Å². The first kappa shape index (κ1) is 9.93. The zero-order chi connectivity index (χ0) is 9.97. The SMILES string of the molecule is CCOCC(=O)N1CC2CCC(C1)O2. The van der Waals surface area contributed by atoms with Gasteiger partial charge in [-0.05, 0) is 19.8 Å². The fourth-order valence-electron chi connectivity index (χ4n) is 2.10. The zero-order valence-corrected chi connectivity index (χ0v) is 8.57. The van der Waals surface area contributed by atoms with Crippen molar-refractivity contribution in [1.29, 1.82) is 0 Å². The summed E-state index contributed by atoms with van der Waals surface area (Å²) in [5.41, 5.74) is 0. The van der Waals surface area contributed by atoms with E-state index in [0.29, 0.717) is 6.61 Å². The second-order valence-corrected chi connectivity index (χ2v) is 3.89. The second-order valence-electron chi connectivity index (χ2n) is 3.89. The van der Waals surface area contributed by atoms with E-state index in [1.54, 1.807) is 0 Å². The number of amides is 1. The van der Waals surface area contributed by atoms with Crippen molar-refractivity contribution >= 4 is 5.91 Å². The molecule has 2 unspecified atom stereocenters.